The van der Waals surface area contributed by atoms with E-state index < -0.39 is 0 Å². The van der Waals surface area contributed by atoms with Gasteiger partial charge in [0.15, 0.2) is 0 Å². The van der Waals surface area contributed by atoms with Gasteiger partial charge in [-0.1, -0.05) is 0 Å². The lowest BCUT2D eigenvalue weighted by atomic mass is 10.2. The average molecular weight is 170 g/mol. The lowest BCUT2D eigenvalue weighted by Crippen LogP contribution is -2.32. The Balaban J connectivity index is 2.72. The number of hydrogen-bond donors (Lipinski definition) is 2. The number of nitrogens with zero attached hydrogens (tertiary/aromatic N) is 2. The van der Waals surface area contributed by atoms with Crippen LogP contribution in [0.3, 0.4) is 0 Å². The van der Waals surface area contributed by atoms with Crippen LogP contribution in [0.2, 0.25) is 0 Å². The number of ether oxygens (including phenoxy) is 1. The van der Waals surface area contributed by atoms with E-state index in [0.717, 1.165) is 5.69 Å². The first kappa shape index (κ1) is 9.18. The van der Waals surface area contributed by atoms with Crippen LogP contribution in [0.15, 0.2) is 12.3 Å². The van der Waals surface area contributed by atoms with Crippen molar-refractivity contribution in [3.8, 4) is 0 Å². The van der Waals surface area contributed by atoms with Crippen LogP contribution >= 0.6 is 0 Å². The largest absolute Gasteiger partial charge is 0.383 e. The number of methoxy groups -OCH3 is 1. The van der Waals surface area contributed by atoms with Gasteiger partial charge in [-0.15, -0.1) is 0 Å². The number of aryl methyl sites for hydroxylation is 1. The molecular weight excluding hydrogens is 156 g/mol. The number of nitrogens with one attached hydrogen (secondary N) is 1. The van der Waals surface area contributed by atoms with Gasteiger partial charge in [-0.2, -0.15) is 5.10 Å². The Hall–Kier alpha value is -0.910. The fourth-order valence-corrected chi connectivity index (χ4v) is 1.11. The van der Waals surface area contributed by atoms with Gasteiger partial charge in [0.25, 0.3) is 0 Å². The molecule has 1 heterocycles. The van der Waals surface area contributed by atoms with Crippen LogP contribution < -0.4 is 11.3 Å². The van der Waals surface area contributed by atoms with Crippen LogP contribution in [0.1, 0.15) is 11.7 Å². The quantitative estimate of drug-likeness (QED) is 0.475. The summed E-state index contributed by atoms with van der Waals surface area (Å²) >= 11 is 0. The Morgan fingerprint density at radius 1 is 1.83 bits per heavy atom. The summed E-state index contributed by atoms with van der Waals surface area (Å²) in [4.78, 5) is 0. The van der Waals surface area contributed by atoms with E-state index in [1.165, 1.54) is 0 Å². The molecular formula is C7H14N4O. The highest BCUT2D eigenvalue weighted by Gasteiger charge is 2.11. The SMILES string of the molecule is COCC(NN)c1ccnn1C. The molecule has 0 spiro atoms. The van der Waals surface area contributed by atoms with Gasteiger partial charge in [0.2, 0.25) is 0 Å². The maximum atomic E-state index is 5.35. The minimum absolute atomic E-state index is 0.00231. The standard InChI is InChI=1S/C7H14N4O/c1-11-7(3-4-9-11)6(10-8)5-12-2/h3-4,6,10H,5,8H2,1-2H3. The predicted molar refractivity (Wildman–Crippen MR) is 45.1 cm³/mol. The van der Waals surface area contributed by atoms with Crippen molar-refractivity contribution in [3.63, 3.8) is 0 Å². The third-order valence-electron chi connectivity index (χ3n) is 1.75. The normalized spacial score (nSPS) is 13.2. The summed E-state index contributed by atoms with van der Waals surface area (Å²) in [6, 6.07) is 1.91. The van der Waals surface area contributed by atoms with Crippen molar-refractivity contribution in [2.24, 2.45) is 12.9 Å². The molecule has 0 radical (unpaired) electrons. The third kappa shape index (κ3) is 1.82. The Morgan fingerprint density at radius 2 is 2.58 bits per heavy atom. The van der Waals surface area contributed by atoms with Gasteiger partial charge in [-0.3, -0.25) is 10.5 Å². The Labute approximate surface area is 71.5 Å². The lowest BCUT2D eigenvalue weighted by molar-refractivity contribution is 0.164. The molecule has 0 aliphatic rings. The zero-order valence-corrected chi connectivity index (χ0v) is 7.32. The molecule has 1 rings (SSSR count). The Kier molecular flexibility index (Phi) is 3.21. The molecule has 1 unspecified atom stereocenters. The van der Waals surface area contributed by atoms with Crippen molar-refractivity contribution in [3.05, 3.63) is 18.0 Å². The molecule has 68 valence electrons. The lowest BCUT2D eigenvalue weighted by Gasteiger charge is -2.14. The van der Waals surface area contributed by atoms with Gasteiger partial charge in [0.1, 0.15) is 0 Å². The average Bonchev–Trinajstić information content (AvgIpc) is 2.47. The van der Waals surface area contributed by atoms with E-state index >= 15 is 0 Å². The molecule has 1 atom stereocenters. The summed E-state index contributed by atoms with van der Waals surface area (Å²) in [6.45, 7) is 0.538. The fraction of sp³-hybridized carbons (Fsp3) is 0.571. The van der Waals surface area contributed by atoms with Crippen molar-refractivity contribution >= 4 is 0 Å². The first-order chi connectivity index (χ1) is 5.79. The van der Waals surface area contributed by atoms with Crippen molar-refractivity contribution in [2.75, 3.05) is 13.7 Å². The summed E-state index contributed by atoms with van der Waals surface area (Å²) in [7, 11) is 3.51. The van der Waals surface area contributed by atoms with Gasteiger partial charge in [-0.05, 0) is 6.07 Å². The Morgan fingerprint density at radius 3 is 3.00 bits per heavy atom. The van der Waals surface area contributed by atoms with Crippen LogP contribution in [-0.2, 0) is 11.8 Å². The zero-order valence-electron chi connectivity index (χ0n) is 7.32. The van der Waals surface area contributed by atoms with Crippen molar-refractivity contribution in [1.29, 1.82) is 0 Å². The van der Waals surface area contributed by atoms with E-state index in [4.69, 9.17) is 10.6 Å². The van der Waals surface area contributed by atoms with Crippen molar-refractivity contribution in [1.82, 2.24) is 15.2 Å². The molecule has 0 amide bonds. The molecule has 1 aromatic heterocycles. The highest BCUT2D eigenvalue weighted by molar-refractivity contribution is 5.06. The highest BCUT2D eigenvalue weighted by atomic mass is 16.5. The molecule has 3 N–H and O–H groups in total. The molecule has 1 aromatic rings. The monoisotopic (exact) mass is 170 g/mol. The summed E-state index contributed by atoms with van der Waals surface area (Å²) in [5.74, 6) is 5.35. The summed E-state index contributed by atoms with van der Waals surface area (Å²) in [5, 5.41) is 4.03. The zero-order chi connectivity index (χ0) is 8.97. The second-order valence-electron chi connectivity index (χ2n) is 2.55. The number of aromatic nitrogens is 2. The van der Waals surface area contributed by atoms with E-state index in [1.807, 2.05) is 13.1 Å². The van der Waals surface area contributed by atoms with E-state index in [0.29, 0.717) is 6.61 Å². The topological polar surface area (TPSA) is 65.1 Å². The minimum Gasteiger partial charge on any atom is -0.383 e. The minimum atomic E-state index is 0.00231. The van der Waals surface area contributed by atoms with Crippen molar-refractivity contribution < 1.29 is 4.74 Å². The number of rotatable bonds is 4. The molecule has 0 fully saturated rings. The van der Waals surface area contributed by atoms with Gasteiger partial charge in [0.05, 0.1) is 18.3 Å². The molecule has 5 heteroatoms. The third-order valence-corrected chi connectivity index (χ3v) is 1.75. The molecule has 0 bridgehead atoms. The van der Waals surface area contributed by atoms with Crippen LogP contribution in [0.4, 0.5) is 0 Å². The van der Waals surface area contributed by atoms with Gasteiger partial charge < -0.3 is 4.74 Å². The second kappa shape index (κ2) is 4.20. The van der Waals surface area contributed by atoms with E-state index in [9.17, 15) is 0 Å². The summed E-state index contributed by atoms with van der Waals surface area (Å²) < 4.78 is 6.76. The molecule has 12 heavy (non-hydrogen) atoms. The van der Waals surface area contributed by atoms with Gasteiger partial charge in [0, 0.05) is 20.4 Å². The molecule has 0 saturated carbocycles. The highest BCUT2D eigenvalue weighted by Crippen LogP contribution is 2.09. The van der Waals surface area contributed by atoms with Crippen LogP contribution in [-0.4, -0.2) is 23.5 Å². The number of hydrazine groups is 1. The summed E-state index contributed by atoms with van der Waals surface area (Å²) in [6.07, 6.45) is 1.73. The maximum Gasteiger partial charge on any atom is 0.0861 e. The number of nitrogens with two attached hydrogens (primary N) is 1. The van der Waals surface area contributed by atoms with Crippen LogP contribution in [0.25, 0.3) is 0 Å². The van der Waals surface area contributed by atoms with Gasteiger partial charge in [-0.25, -0.2) is 5.43 Å². The van der Waals surface area contributed by atoms with Crippen LogP contribution in [0.5, 0.6) is 0 Å². The predicted octanol–water partition coefficient (Wildman–Crippen LogP) is -0.429. The molecule has 0 aliphatic carbocycles. The smallest absolute Gasteiger partial charge is 0.0861 e. The second-order valence-corrected chi connectivity index (χ2v) is 2.55. The maximum absolute atomic E-state index is 5.35. The molecule has 0 aliphatic heterocycles. The van der Waals surface area contributed by atoms with Crippen LogP contribution in [0, 0.1) is 0 Å². The molecule has 0 saturated heterocycles. The van der Waals surface area contributed by atoms with E-state index in [-0.39, 0.29) is 6.04 Å². The fourth-order valence-electron chi connectivity index (χ4n) is 1.11. The molecule has 0 aromatic carbocycles. The number of hydrogen-bond acceptors (Lipinski definition) is 4. The summed E-state index contributed by atoms with van der Waals surface area (Å²) in [5.41, 5.74) is 3.67. The first-order valence-corrected chi connectivity index (χ1v) is 3.72. The van der Waals surface area contributed by atoms with Gasteiger partial charge >= 0.3 is 0 Å². The van der Waals surface area contributed by atoms with E-state index in [2.05, 4.69) is 10.5 Å². The first-order valence-electron chi connectivity index (χ1n) is 3.72. The van der Waals surface area contributed by atoms with Crippen molar-refractivity contribution in [2.45, 2.75) is 6.04 Å². The molecule has 5 nitrogen and oxygen atoms in total. The Bertz CT molecular complexity index is 235. The van der Waals surface area contributed by atoms with E-state index in [1.54, 1.807) is 18.0 Å².